The van der Waals surface area contributed by atoms with E-state index < -0.39 is 0 Å². The summed E-state index contributed by atoms with van der Waals surface area (Å²) < 4.78 is 4.45. The summed E-state index contributed by atoms with van der Waals surface area (Å²) in [5.41, 5.74) is 4.78. The van der Waals surface area contributed by atoms with Crippen molar-refractivity contribution in [2.75, 3.05) is 0 Å². The third-order valence-electron chi connectivity index (χ3n) is 3.75. The molecule has 4 aromatic rings. The second-order valence-electron chi connectivity index (χ2n) is 4.98. The smallest absolute Gasteiger partial charge is 0.238 e. The molecule has 0 aliphatic rings. The highest BCUT2D eigenvalue weighted by Gasteiger charge is 2.17. The van der Waals surface area contributed by atoms with Crippen LogP contribution in [-0.4, -0.2) is 4.98 Å². The van der Waals surface area contributed by atoms with Crippen LogP contribution in [0.4, 0.5) is 0 Å². The number of benzene rings is 2. The van der Waals surface area contributed by atoms with E-state index in [1.54, 1.807) is 0 Å². The zero-order valence-electron chi connectivity index (χ0n) is 10.7. The number of aromatic amines is 1. The van der Waals surface area contributed by atoms with Gasteiger partial charge in [-0.15, -0.1) is 0 Å². The van der Waals surface area contributed by atoms with Crippen LogP contribution < -0.4 is 4.57 Å². The van der Waals surface area contributed by atoms with Gasteiger partial charge in [0, 0.05) is 20.4 Å². The van der Waals surface area contributed by atoms with Crippen LogP contribution in [-0.2, 0) is 7.05 Å². The van der Waals surface area contributed by atoms with Crippen molar-refractivity contribution in [3.8, 4) is 0 Å². The molecule has 4 rings (SSSR count). The van der Waals surface area contributed by atoms with Crippen molar-refractivity contribution < 1.29 is 4.57 Å². The lowest BCUT2D eigenvalue weighted by Crippen LogP contribution is -2.29. The number of H-pyrrole nitrogens is 1. The Morgan fingerprint density at radius 2 is 1.65 bits per heavy atom. The van der Waals surface area contributed by atoms with Gasteiger partial charge >= 0.3 is 0 Å². The van der Waals surface area contributed by atoms with Crippen LogP contribution in [0.15, 0.2) is 51.4 Å². The highest BCUT2D eigenvalue weighted by Crippen LogP contribution is 2.28. The average molecular weight is 391 g/mol. The minimum atomic E-state index is 1.10. The van der Waals surface area contributed by atoms with Gasteiger partial charge in [0.1, 0.15) is 12.6 Å². The number of halogens is 2. The number of rotatable bonds is 0. The first kappa shape index (κ1) is 12.4. The summed E-state index contributed by atoms with van der Waals surface area (Å²) in [6.45, 7) is 0. The van der Waals surface area contributed by atoms with Crippen LogP contribution in [0.3, 0.4) is 0 Å². The molecular weight excluding hydrogens is 380 g/mol. The molecule has 0 fully saturated rings. The van der Waals surface area contributed by atoms with Gasteiger partial charge < -0.3 is 4.98 Å². The molecule has 0 radical (unpaired) electrons. The van der Waals surface area contributed by atoms with Gasteiger partial charge in [0.05, 0.1) is 10.9 Å². The monoisotopic (exact) mass is 389 g/mol. The average Bonchev–Trinajstić information content (AvgIpc) is 2.76. The van der Waals surface area contributed by atoms with Crippen molar-refractivity contribution in [3.05, 3.63) is 51.4 Å². The largest absolute Gasteiger partial charge is 0.349 e. The van der Waals surface area contributed by atoms with Gasteiger partial charge in [0.2, 0.25) is 11.0 Å². The van der Waals surface area contributed by atoms with Crippen LogP contribution >= 0.6 is 31.9 Å². The second kappa shape index (κ2) is 4.30. The number of aromatic nitrogens is 2. The first-order chi connectivity index (χ1) is 9.63. The maximum atomic E-state index is 3.56. The zero-order valence-corrected chi connectivity index (χ0v) is 13.9. The number of aryl methyl sites for hydroxylation is 1. The van der Waals surface area contributed by atoms with Gasteiger partial charge in [-0.2, -0.15) is 4.57 Å². The lowest BCUT2D eigenvalue weighted by Gasteiger charge is -1.99. The molecule has 98 valence electrons. The van der Waals surface area contributed by atoms with Crippen molar-refractivity contribution in [1.29, 1.82) is 0 Å². The van der Waals surface area contributed by atoms with Crippen LogP contribution in [0, 0.1) is 0 Å². The minimum Gasteiger partial charge on any atom is -0.349 e. The molecule has 0 saturated carbocycles. The Morgan fingerprint density at radius 3 is 2.50 bits per heavy atom. The minimum absolute atomic E-state index is 1.10. The van der Waals surface area contributed by atoms with E-state index in [1.807, 2.05) is 0 Å². The number of pyridine rings is 1. The van der Waals surface area contributed by atoms with E-state index in [0.29, 0.717) is 0 Å². The predicted octanol–water partition coefficient (Wildman–Crippen LogP) is 4.82. The number of nitrogens with one attached hydrogen (secondary N) is 1. The summed E-state index contributed by atoms with van der Waals surface area (Å²) in [6, 6.07) is 14.9. The SMILES string of the molecule is C[n+]1c2ccc(Br)cc2cc2[nH]c3ccc(Br)cc3c21. The highest BCUT2D eigenvalue weighted by molar-refractivity contribution is 9.10. The molecule has 0 amide bonds. The van der Waals surface area contributed by atoms with Crippen molar-refractivity contribution in [3.63, 3.8) is 0 Å². The lowest BCUT2D eigenvalue weighted by molar-refractivity contribution is -0.616. The predicted molar refractivity (Wildman–Crippen MR) is 89.9 cm³/mol. The van der Waals surface area contributed by atoms with E-state index in [-0.39, 0.29) is 0 Å². The van der Waals surface area contributed by atoms with Crippen molar-refractivity contribution in [2.45, 2.75) is 0 Å². The Hall–Kier alpha value is -1.39. The molecule has 2 aromatic heterocycles. The molecule has 0 aliphatic carbocycles. The zero-order chi connectivity index (χ0) is 13.9. The Labute approximate surface area is 132 Å². The summed E-state index contributed by atoms with van der Waals surface area (Å²) in [7, 11) is 2.12. The molecule has 1 N–H and O–H groups in total. The van der Waals surface area contributed by atoms with Gasteiger partial charge in [0.25, 0.3) is 0 Å². The molecular formula is C16H11Br2N2+. The molecule has 2 nitrogen and oxygen atoms in total. The van der Waals surface area contributed by atoms with Crippen LogP contribution in [0.5, 0.6) is 0 Å². The molecule has 0 spiro atoms. The van der Waals surface area contributed by atoms with Crippen LogP contribution in [0.2, 0.25) is 0 Å². The van der Waals surface area contributed by atoms with Gasteiger partial charge in [-0.05, 0) is 36.4 Å². The number of nitrogens with zero attached hydrogens (tertiary/aromatic N) is 1. The second-order valence-corrected chi connectivity index (χ2v) is 6.82. The molecule has 0 bridgehead atoms. The lowest BCUT2D eigenvalue weighted by atomic mass is 10.1. The molecule has 0 unspecified atom stereocenters. The summed E-state index contributed by atoms with van der Waals surface area (Å²) in [5, 5.41) is 2.46. The van der Waals surface area contributed by atoms with Gasteiger partial charge in [0.15, 0.2) is 0 Å². The van der Waals surface area contributed by atoms with E-state index in [1.165, 1.54) is 21.8 Å². The topological polar surface area (TPSA) is 19.7 Å². The van der Waals surface area contributed by atoms with Crippen LogP contribution in [0.1, 0.15) is 0 Å². The van der Waals surface area contributed by atoms with Gasteiger partial charge in [-0.1, -0.05) is 31.9 Å². The Bertz CT molecular complexity index is 986. The number of hydrogen-bond acceptors (Lipinski definition) is 0. The fourth-order valence-corrected chi connectivity index (χ4v) is 3.60. The first-order valence-electron chi connectivity index (χ1n) is 6.33. The van der Waals surface area contributed by atoms with E-state index in [9.17, 15) is 0 Å². The Morgan fingerprint density at radius 1 is 0.900 bits per heavy atom. The number of fused-ring (bicyclic) bond motifs is 4. The molecule has 4 heteroatoms. The van der Waals surface area contributed by atoms with Crippen LogP contribution in [0.25, 0.3) is 32.8 Å². The standard InChI is InChI=1S/C16H10Br2N2/c1-20-15-5-3-10(17)6-9(15)7-14-16(20)12-8-11(18)2-4-13(12)19-14/h2-8H,1H3/p+1. The van der Waals surface area contributed by atoms with Crippen molar-refractivity contribution in [1.82, 2.24) is 4.98 Å². The highest BCUT2D eigenvalue weighted by atomic mass is 79.9. The summed E-state index contributed by atoms with van der Waals surface area (Å²) in [5.74, 6) is 0. The maximum absolute atomic E-state index is 3.56. The molecule has 2 heterocycles. The summed E-state index contributed by atoms with van der Waals surface area (Å²) in [4.78, 5) is 3.50. The molecule has 0 atom stereocenters. The summed E-state index contributed by atoms with van der Waals surface area (Å²) in [6.07, 6.45) is 0. The third kappa shape index (κ3) is 1.71. The fourth-order valence-electron chi connectivity index (χ4n) is 2.86. The van der Waals surface area contributed by atoms with E-state index in [0.717, 1.165) is 20.0 Å². The van der Waals surface area contributed by atoms with Gasteiger partial charge in [-0.3, -0.25) is 0 Å². The van der Waals surface area contributed by atoms with Gasteiger partial charge in [-0.25, -0.2) is 0 Å². The van der Waals surface area contributed by atoms with E-state index in [4.69, 9.17) is 0 Å². The maximum Gasteiger partial charge on any atom is 0.238 e. The van der Waals surface area contributed by atoms with Crippen molar-refractivity contribution in [2.24, 2.45) is 7.05 Å². The molecule has 2 aromatic carbocycles. The van der Waals surface area contributed by atoms with E-state index in [2.05, 4.69) is 90.9 Å². The molecule has 0 aliphatic heterocycles. The fraction of sp³-hybridized carbons (Fsp3) is 0.0625. The molecule has 20 heavy (non-hydrogen) atoms. The summed E-state index contributed by atoms with van der Waals surface area (Å²) >= 11 is 7.10. The Kier molecular flexibility index (Phi) is 2.66. The van der Waals surface area contributed by atoms with E-state index >= 15 is 0 Å². The quantitative estimate of drug-likeness (QED) is 0.415. The third-order valence-corrected chi connectivity index (χ3v) is 4.73. The van der Waals surface area contributed by atoms with Crippen molar-refractivity contribution >= 4 is 64.7 Å². The molecule has 0 saturated heterocycles. The number of hydrogen-bond donors (Lipinski definition) is 1. The normalized spacial score (nSPS) is 11.8. The Balaban J connectivity index is 2.27. The first-order valence-corrected chi connectivity index (χ1v) is 7.91.